The maximum atomic E-state index is 4.45. The van der Waals surface area contributed by atoms with Gasteiger partial charge in [0.25, 0.3) is 0 Å². The average Bonchev–Trinajstić information content (AvgIpc) is 2.58. The highest BCUT2D eigenvalue weighted by Crippen LogP contribution is 2.17. The van der Waals surface area contributed by atoms with E-state index in [9.17, 15) is 0 Å². The predicted molar refractivity (Wildman–Crippen MR) is 65.7 cm³/mol. The van der Waals surface area contributed by atoms with Crippen molar-refractivity contribution in [2.45, 2.75) is 6.42 Å². The van der Waals surface area contributed by atoms with Gasteiger partial charge in [-0.25, -0.2) is 4.98 Å². The molecule has 82 valence electrons. The summed E-state index contributed by atoms with van der Waals surface area (Å²) in [4.78, 5) is 10.9. The maximum absolute atomic E-state index is 4.45. The molecule has 1 fully saturated rings. The molecular weight excluding hydrogens is 208 g/mol. The van der Waals surface area contributed by atoms with Crippen molar-refractivity contribution in [1.82, 2.24) is 9.97 Å². The van der Waals surface area contributed by atoms with Crippen molar-refractivity contribution in [1.29, 1.82) is 0 Å². The van der Waals surface area contributed by atoms with Gasteiger partial charge in [-0.15, -0.1) is 0 Å². The second kappa shape index (κ2) is 5.21. The largest absolute Gasteiger partial charge is 0.357 e. The zero-order chi connectivity index (χ0) is 10.5. The Morgan fingerprint density at radius 1 is 1.40 bits per heavy atom. The van der Waals surface area contributed by atoms with E-state index in [1.165, 1.54) is 17.9 Å². The molecule has 0 aliphatic carbocycles. The highest BCUT2D eigenvalue weighted by Gasteiger charge is 2.11. The highest BCUT2D eigenvalue weighted by molar-refractivity contribution is 7.99. The molecule has 4 nitrogen and oxygen atoms in total. The first-order valence-corrected chi connectivity index (χ1v) is 6.39. The van der Waals surface area contributed by atoms with Crippen LogP contribution >= 0.6 is 11.8 Å². The van der Waals surface area contributed by atoms with Crippen LogP contribution in [0.15, 0.2) is 12.3 Å². The van der Waals surface area contributed by atoms with Crippen LogP contribution in [0.4, 0.5) is 11.8 Å². The molecule has 0 spiro atoms. The lowest BCUT2D eigenvalue weighted by Gasteiger charge is -2.20. The molecule has 1 aromatic rings. The van der Waals surface area contributed by atoms with Gasteiger partial charge in [0.2, 0.25) is 5.95 Å². The SMILES string of the molecule is CNc1nccc(N2CCCSCC2)n1. The summed E-state index contributed by atoms with van der Waals surface area (Å²) in [7, 11) is 1.84. The van der Waals surface area contributed by atoms with Crippen molar-refractivity contribution < 1.29 is 0 Å². The Hall–Kier alpha value is -0.970. The van der Waals surface area contributed by atoms with Crippen molar-refractivity contribution in [2.75, 3.05) is 41.9 Å². The quantitative estimate of drug-likeness (QED) is 0.823. The molecule has 0 saturated carbocycles. The predicted octanol–water partition coefficient (Wildman–Crippen LogP) is 1.46. The molecule has 5 heteroatoms. The van der Waals surface area contributed by atoms with Gasteiger partial charge >= 0.3 is 0 Å². The van der Waals surface area contributed by atoms with E-state index < -0.39 is 0 Å². The van der Waals surface area contributed by atoms with Gasteiger partial charge < -0.3 is 10.2 Å². The van der Waals surface area contributed by atoms with E-state index in [1.54, 1.807) is 0 Å². The lowest BCUT2D eigenvalue weighted by Crippen LogP contribution is -2.26. The van der Waals surface area contributed by atoms with Crippen molar-refractivity contribution in [3.8, 4) is 0 Å². The van der Waals surface area contributed by atoms with E-state index in [4.69, 9.17) is 0 Å². The minimum atomic E-state index is 0.699. The second-order valence-corrected chi connectivity index (χ2v) is 4.67. The lowest BCUT2D eigenvalue weighted by molar-refractivity contribution is 0.799. The van der Waals surface area contributed by atoms with E-state index in [0.717, 1.165) is 18.9 Å². The fourth-order valence-electron chi connectivity index (χ4n) is 1.62. The van der Waals surface area contributed by atoms with Crippen LogP contribution < -0.4 is 10.2 Å². The van der Waals surface area contributed by atoms with Gasteiger partial charge in [0.05, 0.1) is 0 Å². The van der Waals surface area contributed by atoms with Crippen LogP contribution in [-0.4, -0.2) is 41.6 Å². The van der Waals surface area contributed by atoms with Crippen molar-refractivity contribution in [3.05, 3.63) is 12.3 Å². The van der Waals surface area contributed by atoms with Gasteiger partial charge in [0.15, 0.2) is 0 Å². The Balaban J connectivity index is 2.12. The molecule has 0 aromatic carbocycles. The fourth-order valence-corrected chi connectivity index (χ4v) is 2.51. The molecule has 0 bridgehead atoms. The molecule has 15 heavy (non-hydrogen) atoms. The molecule has 1 aromatic heterocycles. The van der Waals surface area contributed by atoms with Crippen LogP contribution in [0.25, 0.3) is 0 Å². The van der Waals surface area contributed by atoms with E-state index in [-0.39, 0.29) is 0 Å². The molecular formula is C10H16N4S. The molecule has 0 unspecified atom stereocenters. The number of hydrogen-bond acceptors (Lipinski definition) is 5. The Morgan fingerprint density at radius 3 is 3.20 bits per heavy atom. The van der Waals surface area contributed by atoms with Gasteiger partial charge in [-0.1, -0.05) is 0 Å². The normalized spacial score (nSPS) is 17.3. The number of nitrogens with one attached hydrogen (secondary N) is 1. The summed E-state index contributed by atoms with van der Waals surface area (Å²) in [6, 6.07) is 1.98. The molecule has 2 heterocycles. The highest BCUT2D eigenvalue weighted by atomic mass is 32.2. The third-order valence-electron chi connectivity index (χ3n) is 2.41. The Morgan fingerprint density at radius 2 is 2.33 bits per heavy atom. The van der Waals surface area contributed by atoms with E-state index in [2.05, 4.69) is 20.2 Å². The summed E-state index contributed by atoms with van der Waals surface area (Å²) in [5.41, 5.74) is 0. The smallest absolute Gasteiger partial charge is 0.224 e. The third-order valence-corrected chi connectivity index (χ3v) is 3.46. The minimum Gasteiger partial charge on any atom is -0.357 e. The van der Waals surface area contributed by atoms with Crippen LogP contribution in [0.2, 0.25) is 0 Å². The van der Waals surface area contributed by atoms with Gasteiger partial charge in [0.1, 0.15) is 5.82 Å². The average molecular weight is 224 g/mol. The molecule has 1 aliphatic rings. The summed E-state index contributed by atoms with van der Waals surface area (Å²) >= 11 is 2.02. The topological polar surface area (TPSA) is 41.1 Å². The molecule has 0 radical (unpaired) electrons. The van der Waals surface area contributed by atoms with Crippen molar-refractivity contribution in [3.63, 3.8) is 0 Å². The maximum Gasteiger partial charge on any atom is 0.224 e. The summed E-state index contributed by atoms with van der Waals surface area (Å²) in [6.07, 6.45) is 3.05. The van der Waals surface area contributed by atoms with Crippen LogP contribution in [0.3, 0.4) is 0 Å². The van der Waals surface area contributed by atoms with Gasteiger partial charge in [-0.2, -0.15) is 16.7 Å². The first kappa shape index (κ1) is 10.5. The summed E-state index contributed by atoms with van der Waals surface area (Å²) < 4.78 is 0. The van der Waals surface area contributed by atoms with Crippen molar-refractivity contribution in [2.24, 2.45) is 0 Å². The first-order valence-electron chi connectivity index (χ1n) is 5.23. The first-order chi connectivity index (χ1) is 7.40. The summed E-state index contributed by atoms with van der Waals surface area (Å²) in [5, 5.41) is 2.97. The number of thioether (sulfide) groups is 1. The van der Waals surface area contributed by atoms with Gasteiger partial charge in [-0.05, 0) is 18.2 Å². The monoisotopic (exact) mass is 224 g/mol. The standard InChI is InChI=1S/C10H16N4S/c1-11-10-12-4-3-9(13-10)14-5-2-7-15-8-6-14/h3-4H,2,5-8H2,1H3,(H,11,12,13). The van der Waals surface area contributed by atoms with Crippen LogP contribution in [0, 0.1) is 0 Å². The third kappa shape index (κ3) is 2.75. The second-order valence-electron chi connectivity index (χ2n) is 3.44. The summed E-state index contributed by atoms with van der Waals surface area (Å²) in [6.45, 7) is 2.19. The van der Waals surface area contributed by atoms with Gasteiger partial charge in [0, 0.05) is 32.1 Å². The number of rotatable bonds is 2. The zero-order valence-corrected chi connectivity index (χ0v) is 9.76. The molecule has 0 atom stereocenters. The van der Waals surface area contributed by atoms with Crippen molar-refractivity contribution >= 4 is 23.5 Å². The Bertz CT molecular complexity index is 310. The van der Waals surface area contributed by atoms with E-state index in [1.807, 2.05) is 31.1 Å². The Kier molecular flexibility index (Phi) is 3.66. The number of aromatic nitrogens is 2. The van der Waals surface area contributed by atoms with E-state index in [0.29, 0.717) is 5.95 Å². The Labute approximate surface area is 94.5 Å². The molecule has 1 saturated heterocycles. The number of nitrogens with zero attached hydrogens (tertiary/aromatic N) is 3. The van der Waals surface area contributed by atoms with Crippen LogP contribution in [-0.2, 0) is 0 Å². The van der Waals surface area contributed by atoms with Crippen LogP contribution in [0.5, 0.6) is 0 Å². The minimum absolute atomic E-state index is 0.699. The van der Waals surface area contributed by atoms with Crippen LogP contribution in [0.1, 0.15) is 6.42 Å². The fraction of sp³-hybridized carbons (Fsp3) is 0.600. The molecule has 2 rings (SSSR count). The molecule has 1 N–H and O–H groups in total. The molecule has 1 aliphatic heterocycles. The zero-order valence-electron chi connectivity index (χ0n) is 8.94. The number of hydrogen-bond donors (Lipinski definition) is 1. The number of anilines is 2. The van der Waals surface area contributed by atoms with E-state index >= 15 is 0 Å². The summed E-state index contributed by atoms with van der Waals surface area (Å²) in [5.74, 6) is 4.19. The molecule has 0 amide bonds. The lowest BCUT2D eigenvalue weighted by atomic mass is 10.4. The van der Waals surface area contributed by atoms with Gasteiger partial charge in [-0.3, -0.25) is 0 Å².